The Morgan fingerprint density at radius 1 is 1.50 bits per heavy atom. The quantitative estimate of drug-likeness (QED) is 0.870. The first kappa shape index (κ1) is 12.2. The fourth-order valence-corrected chi connectivity index (χ4v) is 1.30. The summed E-state index contributed by atoms with van der Waals surface area (Å²) in [5, 5.41) is 3.82. The van der Waals surface area contributed by atoms with Gasteiger partial charge >= 0.3 is 0 Å². The number of rotatable bonds is 2. The number of halogens is 3. The molecule has 0 aliphatic heterocycles. The Balaban J connectivity index is 0.00000121. The van der Waals surface area contributed by atoms with Crippen LogP contribution in [0.3, 0.4) is 0 Å². The van der Waals surface area contributed by atoms with Gasteiger partial charge in [-0.1, -0.05) is 17.7 Å². The Morgan fingerprint density at radius 3 is 2.67 bits per heavy atom. The molecule has 0 fully saturated rings. The van der Waals surface area contributed by atoms with Crippen LogP contribution in [0.5, 0.6) is 0 Å². The standard InChI is InChI=1S/C8H9BrClN.ClH/c1-11-5-6-2-3-7(9)8(10)4-6;/h2-4,11H,5H2,1H3;1H. The van der Waals surface area contributed by atoms with Crippen molar-refractivity contribution >= 4 is 39.9 Å². The predicted molar refractivity (Wildman–Crippen MR) is 59.2 cm³/mol. The fraction of sp³-hybridized carbons (Fsp3) is 0.250. The minimum absolute atomic E-state index is 0. The van der Waals surface area contributed by atoms with Crippen LogP contribution in [0, 0.1) is 0 Å². The van der Waals surface area contributed by atoms with E-state index in [1.54, 1.807) is 0 Å². The van der Waals surface area contributed by atoms with Gasteiger partial charge in [0.15, 0.2) is 0 Å². The highest BCUT2D eigenvalue weighted by Gasteiger charge is 1.96. The van der Waals surface area contributed by atoms with Gasteiger partial charge in [-0.2, -0.15) is 0 Å². The highest BCUT2D eigenvalue weighted by atomic mass is 79.9. The van der Waals surface area contributed by atoms with Crippen molar-refractivity contribution in [1.29, 1.82) is 0 Å². The second-order valence-electron chi connectivity index (χ2n) is 2.28. The summed E-state index contributed by atoms with van der Waals surface area (Å²) in [6.07, 6.45) is 0. The second kappa shape index (κ2) is 5.81. The van der Waals surface area contributed by atoms with Crippen molar-refractivity contribution < 1.29 is 0 Å². The molecule has 4 heteroatoms. The van der Waals surface area contributed by atoms with E-state index in [0.717, 1.165) is 16.0 Å². The minimum atomic E-state index is 0. The van der Waals surface area contributed by atoms with E-state index in [9.17, 15) is 0 Å². The van der Waals surface area contributed by atoms with Gasteiger partial charge in [0.25, 0.3) is 0 Å². The van der Waals surface area contributed by atoms with E-state index < -0.39 is 0 Å². The second-order valence-corrected chi connectivity index (χ2v) is 3.54. The van der Waals surface area contributed by atoms with Crippen molar-refractivity contribution in [3.63, 3.8) is 0 Å². The van der Waals surface area contributed by atoms with E-state index in [1.807, 2.05) is 25.2 Å². The third kappa shape index (κ3) is 3.31. The van der Waals surface area contributed by atoms with E-state index in [0.29, 0.717) is 0 Å². The summed E-state index contributed by atoms with van der Waals surface area (Å²) in [6, 6.07) is 5.93. The van der Waals surface area contributed by atoms with Crippen LogP contribution in [0.2, 0.25) is 5.02 Å². The minimum Gasteiger partial charge on any atom is -0.316 e. The molecule has 0 atom stereocenters. The van der Waals surface area contributed by atoms with E-state index in [-0.39, 0.29) is 12.4 Å². The van der Waals surface area contributed by atoms with Gasteiger partial charge in [-0.3, -0.25) is 0 Å². The molecule has 1 nitrogen and oxygen atoms in total. The maximum absolute atomic E-state index is 5.87. The summed E-state index contributed by atoms with van der Waals surface area (Å²) < 4.78 is 0.944. The number of benzene rings is 1. The molecular formula is C8H10BrCl2N. The van der Waals surface area contributed by atoms with Crippen molar-refractivity contribution in [1.82, 2.24) is 5.32 Å². The smallest absolute Gasteiger partial charge is 0.0551 e. The van der Waals surface area contributed by atoms with E-state index in [2.05, 4.69) is 21.2 Å². The van der Waals surface area contributed by atoms with Gasteiger partial charge < -0.3 is 5.32 Å². The average molecular weight is 271 g/mol. The van der Waals surface area contributed by atoms with Crippen molar-refractivity contribution in [2.24, 2.45) is 0 Å². The van der Waals surface area contributed by atoms with Gasteiger partial charge in [-0.15, -0.1) is 12.4 Å². The number of nitrogens with one attached hydrogen (secondary N) is 1. The van der Waals surface area contributed by atoms with Crippen LogP contribution in [-0.2, 0) is 6.54 Å². The van der Waals surface area contributed by atoms with Crippen molar-refractivity contribution in [3.8, 4) is 0 Å². The molecule has 0 aliphatic rings. The maximum Gasteiger partial charge on any atom is 0.0551 e. The van der Waals surface area contributed by atoms with Gasteiger partial charge in [0.05, 0.1) is 5.02 Å². The summed E-state index contributed by atoms with van der Waals surface area (Å²) in [7, 11) is 1.91. The molecule has 1 aromatic carbocycles. The lowest BCUT2D eigenvalue weighted by Gasteiger charge is -2.01. The summed E-state index contributed by atoms with van der Waals surface area (Å²) in [6.45, 7) is 0.854. The summed E-state index contributed by atoms with van der Waals surface area (Å²) >= 11 is 9.20. The topological polar surface area (TPSA) is 12.0 Å². The Hall–Kier alpha value is 0.240. The van der Waals surface area contributed by atoms with Gasteiger partial charge in [0.2, 0.25) is 0 Å². The van der Waals surface area contributed by atoms with E-state index in [1.165, 1.54) is 5.56 Å². The lowest BCUT2D eigenvalue weighted by atomic mass is 10.2. The molecule has 0 amide bonds. The van der Waals surface area contributed by atoms with E-state index in [4.69, 9.17) is 11.6 Å². The molecule has 0 unspecified atom stereocenters. The highest BCUT2D eigenvalue weighted by Crippen LogP contribution is 2.22. The number of hydrogen-bond acceptors (Lipinski definition) is 1. The largest absolute Gasteiger partial charge is 0.316 e. The van der Waals surface area contributed by atoms with Gasteiger partial charge in [0, 0.05) is 11.0 Å². The molecule has 0 aliphatic carbocycles. The number of hydrogen-bond donors (Lipinski definition) is 1. The van der Waals surface area contributed by atoms with Crippen molar-refractivity contribution in [3.05, 3.63) is 33.3 Å². The molecule has 68 valence electrons. The molecule has 12 heavy (non-hydrogen) atoms. The fourth-order valence-electron chi connectivity index (χ4n) is 0.854. The normalized spacial score (nSPS) is 9.25. The molecule has 0 radical (unpaired) electrons. The van der Waals surface area contributed by atoms with Crippen molar-refractivity contribution in [2.45, 2.75) is 6.54 Å². The first-order chi connectivity index (χ1) is 5.24. The van der Waals surface area contributed by atoms with Gasteiger partial charge in [0.1, 0.15) is 0 Å². The Labute approximate surface area is 92.0 Å². The van der Waals surface area contributed by atoms with Crippen LogP contribution in [0.15, 0.2) is 22.7 Å². The summed E-state index contributed by atoms with van der Waals surface area (Å²) in [4.78, 5) is 0. The molecule has 0 heterocycles. The summed E-state index contributed by atoms with van der Waals surface area (Å²) in [5.74, 6) is 0. The first-order valence-corrected chi connectivity index (χ1v) is 4.49. The summed E-state index contributed by atoms with van der Waals surface area (Å²) in [5.41, 5.74) is 1.20. The monoisotopic (exact) mass is 269 g/mol. The zero-order valence-electron chi connectivity index (χ0n) is 6.60. The lowest BCUT2D eigenvalue weighted by Crippen LogP contribution is -2.04. The Morgan fingerprint density at radius 2 is 2.17 bits per heavy atom. The molecule has 1 rings (SSSR count). The molecule has 0 saturated heterocycles. The maximum atomic E-state index is 5.87. The highest BCUT2D eigenvalue weighted by molar-refractivity contribution is 9.10. The molecule has 0 saturated carbocycles. The van der Waals surface area contributed by atoms with Crippen LogP contribution >= 0.6 is 39.9 Å². The van der Waals surface area contributed by atoms with Crippen LogP contribution in [0.4, 0.5) is 0 Å². The zero-order chi connectivity index (χ0) is 8.27. The SMILES string of the molecule is CNCc1ccc(Br)c(Cl)c1.Cl. The third-order valence-electron chi connectivity index (χ3n) is 1.36. The lowest BCUT2D eigenvalue weighted by molar-refractivity contribution is 0.818. The van der Waals surface area contributed by atoms with Crippen LogP contribution < -0.4 is 5.32 Å². The van der Waals surface area contributed by atoms with Crippen LogP contribution in [0.25, 0.3) is 0 Å². The van der Waals surface area contributed by atoms with Gasteiger partial charge in [-0.05, 0) is 40.7 Å². The first-order valence-electron chi connectivity index (χ1n) is 3.32. The average Bonchev–Trinajstić information content (AvgIpc) is 1.98. The molecule has 1 aromatic rings. The van der Waals surface area contributed by atoms with Crippen LogP contribution in [0.1, 0.15) is 5.56 Å². The molecule has 1 N–H and O–H groups in total. The van der Waals surface area contributed by atoms with Crippen LogP contribution in [-0.4, -0.2) is 7.05 Å². The zero-order valence-corrected chi connectivity index (χ0v) is 9.76. The van der Waals surface area contributed by atoms with Gasteiger partial charge in [-0.25, -0.2) is 0 Å². The Bertz CT molecular complexity index is 253. The Kier molecular flexibility index (Phi) is 5.93. The van der Waals surface area contributed by atoms with E-state index >= 15 is 0 Å². The molecular weight excluding hydrogens is 261 g/mol. The molecule has 0 spiro atoms. The molecule has 0 bridgehead atoms. The molecule has 0 aromatic heterocycles. The predicted octanol–water partition coefficient (Wildman–Crippen LogP) is 3.24. The third-order valence-corrected chi connectivity index (χ3v) is 2.60. The van der Waals surface area contributed by atoms with Crippen molar-refractivity contribution in [2.75, 3.05) is 7.05 Å².